The Morgan fingerprint density at radius 1 is 1.50 bits per heavy atom. The molecular weight excluding hydrogens is 260 g/mol. The van der Waals surface area contributed by atoms with Crippen molar-refractivity contribution >= 4 is 28.6 Å². The first-order valence-corrected chi connectivity index (χ1v) is 6.11. The number of nitrogens with zero attached hydrogens (tertiary/aromatic N) is 2. The van der Waals surface area contributed by atoms with Crippen LogP contribution >= 0.6 is 0 Å². The van der Waals surface area contributed by atoms with Crippen LogP contribution in [0.25, 0.3) is 17.0 Å². The van der Waals surface area contributed by atoms with Crippen molar-refractivity contribution in [3.8, 4) is 0 Å². The number of hydrogen-bond donors (Lipinski definition) is 0. The number of nitro groups is 1. The van der Waals surface area contributed by atoms with Crippen LogP contribution in [-0.4, -0.2) is 22.1 Å². The first kappa shape index (κ1) is 13.8. The van der Waals surface area contributed by atoms with Gasteiger partial charge in [-0.15, -0.1) is 0 Å². The van der Waals surface area contributed by atoms with Crippen LogP contribution in [0.2, 0.25) is 0 Å². The molecule has 1 aromatic heterocycles. The summed E-state index contributed by atoms with van der Waals surface area (Å²) in [5.74, 6) is -0.435. The number of benzene rings is 1. The maximum absolute atomic E-state index is 11.3. The van der Waals surface area contributed by atoms with Crippen molar-refractivity contribution in [1.29, 1.82) is 0 Å². The molecule has 2 aromatic rings. The van der Waals surface area contributed by atoms with Crippen LogP contribution in [0.5, 0.6) is 0 Å². The summed E-state index contributed by atoms with van der Waals surface area (Å²) in [7, 11) is 1.84. The topological polar surface area (TPSA) is 74.4 Å². The highest BCUT2D eigenvalue weighted by molar-refractivity contribution is 5.95. The number of carbonyl (C=O) groups is 1. The van der Waals surface area contributed by atoms with Gasteiger partial charge in [0.05, 0.1) is 11.5 Å². The SMILES string of the molecule is CCOC(=O)/C=C/c1cn(C)c2ccc([N+](=O)[O-])cc12. The molecule has 1 aromatic carbocycles. The van der Waals surface area contributed by atoms with Crippen LogP contribution in [0, 0.1) is 10.1 Å². The molecule has 0 N–H and O–H groups in total. The molecule has 6 nitrogen and oxygen atoms in total. The molecule has 0 atom stereocenters. The van der Waals surface area contributed by atoms with Gasteiger partial charge in [0.15, 0.2) is 0 Å². The van der Waals surface area contributed by atoms with E-state index in [1.807, 2.05) is 17.8 Å². The quantitative estimate of drug-likeness (QED) is 0.372. The molecule has 0 saturated heterocycles. The van der Waals surface area contributed by atoms with Crippen LogP contribution in [-0.2, 0) is 16.6 Å². The van der Waals surface area contributed by atoms with Crippen LogP contribution in [0.3, 0.4) is 0 Å². The van der Waals surface area contributed by atoms with Gasteiger partial charge in [-0.1, -0.05) is 0 Å². The highest BCUT2D eigenvalue weighted by Gasteiger charge is 2.11. The number of carbonyl (C=O) groups excluding carboxylic acids is 1. The van der Waals surface area contributed by atoms with Gasteiger partial charge in [-0.05, 0) is 19.1 Å². The number of esters is 1. The Kier molecular flexibility index (Phi) is 3.84. The largest absolute Gasteiger partial charge is 0.463 e. The third kappa shape index (κ3) is 2.69. The molecule has 2 rings (SSSR count). The van der Waals surface area contributed by atoms with Crippen LogP contribution in [0.15, 0.2) is 30.5 Å². The lowest BCUT2D eigenvalue weighted by molar-refractivity contribution is -0.384. The second-order valence-corrected chi connectivity index (χ2v) is 4.24. The second kappa shape index (κ2) is 5.56. The summed E-state index contributed by atoms with van der Waals surface area (Å²) < 4.78 is 6.65. The Balaban J connectivity index is 2.45. The molecule has 104 valence electrons. The predicted octanol–water partition coefficient (Wildman–Crippen LogP) is 2.66. The molecule has 1 heterocycles. The normalized spacial score (nSPS) is 11.1. The molecule has 0 aliphatic rings. The van der Waals surface area contributed by atoms with Gasteiger partial charge >= 0.3 is 5.97 Å². The highest BCUT2D eigenvalue weighted by atomic mass is 16.6. The fourth-order valence-corrected chi connectivity index (χ4v) is 2.01. The van der Waals surface area contributed by atoms with Crippen molar-refractivity contribution in [3.05, 3.63) is 46.1 Å². The lowest BCUT2D eigenvalue weighted by Crippen LogP contribution is -1.98. The zero-order valence-electron chi connectivity index (χ0n) is 11.2. The van der Waals surface area contributed by atoms with Crippen molar-refractivity contribution in [3.63, 3.8) is 0 Å². The fourth-order valence-electron chi connectivity index (χ4n) is 2.01. The van der Waals surface area contributed by atoms with Crippen LogP contribution < -0.4 is 0 Å². The number of nitro benzene ring substituents is 1. The Morgan fingerprint density at radius 2 is 2.25 bits per heavy atom. The third-order valence-electron chi connectivity index (χ3n) is 2.90. The molecule has 0 unspecified atom stereocenters. The molecule has 0 saturated carbocycles. The van der Waals surface area contributed by atoms with Crippen molar-refractivity contribution in [2.45, 2.75) is 6.92 Å². The van der Waals surface area contributed by atoms with E-state index in [4.69, 9.17) is 4.74 Å². The maximum Gasteiger partial charge on any atom is 0.330 e. The van der Waals surface area contributed by atoms with Gasteiger partial charge < -0.3 is 9.30 Å². The summed E-state index contributed by atoms with van der Waals surface area (Å²) >= 11 is 0. The minimum atomic E-state index is -0.439. The summed E-state index contributed by atoms with van der Waals surface area (Å²) in [4.78, 5) is 21.7. The van der Waals surface area contributed by atoms with E-state index in [1.165, 1.54) is 18.2 Å². The number of ether oxygens (including phenoxy) is 1. The molecule has 0 radical (unpaired) electrons. The molecule has 0 bridgehead atoms. The number of aromatic nitrogens is 1. The molecule has 0 aliphatic heterocycles. The second-order valence-electron chi connectivity index (χ2n) is 4.24. The van der Waals surface area contributed by atoms with Crippen molar-refractivity contribution in [2.75, 3.05) is 6.61 Å². The van der Waals surface area contributed by atoms with E-state index < -0.39 is 10.9 Å². The number of aryl methyl sites for hydroxylation is 1. The van der Waals surface area contributed by atoms with Gasteiger partial charge in [0.25, 0.3) is 5.69 Å². The number of non-ortho nitro benzene ring substituents is 1. The lowest BCUT2D eigenvalue weighted by Gasteiger charge is -1.96. The van der Waals surface area contributed by atoms with E-state index in [2.05, 4.69) is 0 Å². The van der Waals surface area contributed by atoms with Crippen LogP contribution in [0.4, 0.5) is 5.69 Å². The highest BCUT2D eigenvalue weighted by Crippen LogP contribution is 2.26. The smallest absolute Gasteiger partial charge is 0.330 e. The summed E-state index contributed by atoms with van der Waals surface area (Å²) in [6, 6.07) is 4.65. The van der Waals surface area contributed by atoms with E-state index in [0.29, 0.717) is 6.61 Å². The van der Waals surface area contributed by atoms with E-state index in [0.717, 1.165) is 16.5 Å². The Hall–Kier alpha value is -2.63. The van der Waals surface area contributed by atoms with Gasteiger partial charge in [0.2, 0.25) is 0 Å². The Morgan fingerprint density at radius 3 is 2.90 bits per heavy atom. The van der Waals surface area contributed by atoms with Gasteiger partial charge in [-0.2, -0.15) is 0 Å². The van der Waals surface area contributed by atoms with Gasteiger partial charge in [0.1, 0.15) is 0 Å². The molecule has 6 heteroatoms. The first-order valence-electron chi connectivity index (χ1n) is 6.11. The third-order valence-corrected chi connectivity index (χ3v) is 2.90. The number of rotatable bonds is 4. The zero-order chi connectivity index (χ0) is 14.7. The Bertz CT molecular complexity index is 701. The number of hydrogen-bond acceptors (Lipinski definition) is 4. The van der Waals surface area contributed by atoms with Gasteiger partial charge in [0, 0.05) is 47.9 Å². The molecular formula is C14H14N2O4. The lowest BCUT2D eigenvalue weighted by atomic mass is 10.1. The standard InChI is InChI=1S/C14H14N2O4/c1-3-20-14(17)7-4-10-9-15(2)13-6-5-11(16(18)19)8-12(10)13/h4-9H,3H2,1-2H3/b7-4+. The summed E-state index contributed by atoms with van der Waals surface area (Å²) in [6.45, 7) is 2.04. The molecule has 0 amide bonds. The van der Waals surface area contributed by atoms with Crippen molar-refractivity contribution < 1.29 is 14.5 Å². The average Bonchev–Trinajstić information content (AvgIpc) is 2.73. The minimum Gasteiger partial charge on any atom is -0.463 e. The van der Waals surface area contributed by atoms with Crippen LogP contribution in [0.1, 0.15) is 12.5 Å². The number of fused-ring (bicyclic) bond motifs is 1. The van der Waals surface area contributed by atoms with Crippen molar-refractivity contribution in [2.24, 2.45) is 7.05 Å². The van der Waals surface area contributed by atoms with E-state index in [1.54, 1.807) is 19.1 Å². The molecule has 0 aliphatic carbocycles. The van der Waals surface area contributed by atoms with E-state index in [-0.39, 0.29) is 5.69 Å². The van der Waals surface area contributed by atoms with E-state index in [9.17, 15) is 14.9 Å². The summed E-state index contributed by atoms with van der Waals surface area (Å²) in [6.07, 6.45) is 4.73. The predicted molar refractivity (Wildman–Crippen MR) is 75.2 cm³/mol. The average molecular weight is 274 g/mol. The maximum atomic E-state index is 11.3. The van der Waals surface area contributed by atoms with E-state index >= 15 is 0 Å². The fraction of sp³-hybridized carbons (Fsp3) is 0.214. The summed E-state index contributed by atoms with van der Waals surface area (Å²) in [5, 5.41) is 11.5. The molecule has 20 heavy (non-hydrogen) atoms. The zero-order valence-corrected chi connectivity index (χ0v) is 11.2. The summed E-state index contributed by atoms with van der Waals surface area (Å²) in [5.41, 5.74) is 1.62. The Labute approximate surface area is 115 Å². The molecule has 0 fully saturated rings. The van der Waals surface area contributed by atoms with Gasteiger partial charge in [-0.3, -0.25) is 10.1 Å². The monoisotopic (exact) mass is 274 g/mol. The first-order chi connectivity index (χ1) is 9.52. The minimum absolute atomic E-state index is 0.0227. The molecule has 0 spiro atoms. The van der Waals surface area contributed by atoms with Gasteiger partial charge in [-0.25, -0.2) is 4.79 Å². The van der Waals surface area contributed by atoms with Crippen molar-refractivity contribution in [1.82, 2.24) is 4.57 Å².